The zero-order valence-corrected chi connectivity index (χ0v) is 12.0. The molecule has 2 rings (SSSR count). The standard InChI is InChI=1S/C15H22N2S/c1-3-18-9-8-17-7-6-14-5-4-13(10-12(2)16)11-15(14)17/h4-7,11-12H,3,8-10,16H2,1-2H3. The number of fused-ring (bicyclic) bond motifs is 1. The number of thioether (sulfide) groups is 1. The van der Waals surface area contributed by atoms with Crippen LogP contribution in [0.2, 0.25) is 0 Å². The van der Waals surface area contributed by atoms with Gasteiger partial charge in [0.05, 0.1) is 0 Å². The van der Waals surface area contributed by atoms with Gasteiger partial charge in [0.15, 0.2) is 0 Å². The molecule has 1 aromatic heterocycles. The van der Waals surface area contributed by atoms with Gasteiger partial charge in [0.1, 0.15) is 0 Å². The van der Waals surface area contributed by atoms with Gasteiger partial charge in [-0.2, -0.15) is 11.8 Å². The first-order chi connectivity index (χ1) is 8.70. The van der Waals surface area contributed by atoms with Crippen LogP contribution in [0.25, 0.3) is 10.9 Å². The van der Waals surface area contributed by atoms with Crippen molar-refractivity contribution < 1.29 is 0 Å². The molecular formula is C15H22N2S. The predicted octanol–water partition coefficient (Wildman–Crippen LogP) is 3.28. The van der Waals surface area contributed by atoms with Crippen LogP contribution >= 0.6 is 11.8 Å². The third-order valence-corrected chi connectivity index (χ3v) is 3.96. The van der Waals surface area contributed by atoms with Crippen LogP contribution in [0.1, 0.15) is 19.4 Å². The second-order valence-corrected chi connectivity index (χ2v) is 6.17. The molecule has 0 aliphatic heterocycles. The summed E-state index contributed by atoms with van der Waals surface area (Å²) in [4.78, 5) is 0. The van der Waals surface area contributed by atoms with Crippen LogP contribution in [0.4, 0.5) is 0 Å². The zero-order chi connectivity index (χ0) is 13.0. The van der Waals surface area contributed by atoms with Gasteiger partial charge in [-0.25, -0.2) is 0 Å². The Morgan fingerprint density at radius 1 is 1.33 bits per heavy atom. The van der Waals surface area contributed by atoms with E-state index in [1.165, 1.54) is 28.0 Å². The predicted molar refractivity (Wildman–Crippen MR) is 82.3 cm³/mol. The molecule has 0 spiro atoms. The van der Waals surface area contributed by atoms with E-state index in [9.17, 15) is 0 Å². The first-order valence-corrected chi connectivity index (χ1v) is 7.77. The van der Waals surface area contributed by atoms with E-state index in [0.717, 1.165) is 13.0 Å². The Kier molecular flexibility index (Phi) is 4.72. The molecule has 2 nitrogen and oxygen atoms in total. The summed E-state index contributed by atoms with van der Waals surface area (Å²) in [6, 6.07) is 9.10. The molecule has 0 radical (unpaired) electrons. The van der Waals surface area contributed by atoms with Crippen molar-refractivity contribution in [3.63, 3.8) is 0 Å². The Bertz CT molecular complexity index is 502. The Morgan fingerprint density at radius 2 is 2.17 bits per heavy atom. The van der Waals surface area contributed by atoms with E-state index in [2.05, 4.69) is 48.9 Å². The van der Waals surface area contributed by atoms with Gasteiger partial charge in [0, 0.05) is 30.1 Å². The van der Waals surface area contributed by atoms with E-state index < -0.39 is 0 Å². The van der Waals surface area contributed by atoms with Gasteiger partial charge in [0.2, 0.25) is 0 Å². The van der Waals surface area contributed by atoms with Crippen molar-refractivity contribution in [2.24, 2.45) is 5.73 Å². The van der Waals surface area contributed by atoms with Crippen LogP contribution < -0.4 is 5.73 Å². The van der Waals surface area contributed by atoms with Crippen LogP contribution in [0, 0.1) is 0 Å². The summed E-state index contributed by atoms with van der Waals surface area (Å²) < 4.78 is 2.35. The summed E-state index contributed by atoms with van der Waals surface area (Å²) in [5.41, 5.74) is 8.54. The van der Waals surface area contributed by atoms with Gasteiger partial charge < -0.3 is 10.3 Å². The molecule has 0 saturated heterocycles. The third-order valence-electron chi connectivity index (χ3n) is 3.08. The Hall–Kier alpha value is -0.930. The maximum atomic E-state index is 5.87. The molecule has 98 valence electrons. The summed E-state index contributed by atoms with van der Waals surface area (Å²) in [6.07, 6.45) is 3.14. The second-order valence-electron chi connectivity index (χ2n) is 4.78. The highest BCUT2D eigenvalue weighted by molar-refractivity contribution is 7.99. The summed E-state index contributed by atoms with van der Waals surface area (Å²) in [6.45, 7) is 5.35. The van der Waals surface area contributed by atoms with Gasteiger partial charge in [-0.05, 0) is 42.2 Å². The van der Waals surface area contributed by atoms with Crippen LogP contribution in [-0.4, -0.2) is 22.1 Å². The summed E-state index contributed by atoms with van der Waals surface area (Å²) in [5, 5.41) is 1.32. The average Bonchev–Trinajstić information content (AvgIpc) is 2.72. The number of nitrogens with zero attached hydrogens (tertiary/aromatic N) is 1. The maximum Gasteiger partial charge on any atom is 0.0483 e. The number of rotatable bonds is 6. The topological polar surface area (TPSA) is 30.9 Å². The zero-order valence-electron chi connectivity index (χ0n) is 11.2. The van der Waals surface area contributed by atoms with Gasteiger partial charge in [0.25, 0.3) is 0 Å². The normalized spacial score (nSPS) is 13.1. The molecule has 1 atom stereocenters. The van der Waals surface area contributed by atoms with Gasteiger partial charge in [-0.3, -0.25) is 0 Å². The number of hydrogen-bond donors (Lipinski definition) is 1. The van der Waals surface area contributed by atoms with E-state index in [1.54, 1.807) is 0 Å². The number of nitrogens with two attached hydrogens (primary N) is 1. The first kappa shape index (κ1) is 13.5. The lowest BCUT2D eigenvalue weighted by Gasteiger charge is -2.08. The van der Waals surface area contributed by atoms with E-state index in [1.807, 2.05) is 11.8 Å². The second kappa shape index (κ2) is 6.30. The molecular weight excluding hydrogens is 240 g/mol. The number of hydrogen-bond acceptors (Lipinski definition) is 2. The third kappa shape index (κ3) is 3.30. The summed E-state index contributed by atoms with van der Waals surface area (Å²) >= 11 is 1.99. The molecule has 0 aliphatic carbocycles. The van der Waals surface area contributed by atoms with E-state index >= 15 is 0 Å². The molecule has 0 fully saturated rings. The molecule has 3 heteroatoms. The van der Waals surface area contributed by atoms with Gasteiger partial charge in [-0.1, -0.05) is 19.1 Å². The Morgan fingerprint density at radius 3 is 2.89 bits per heavy atom. The Balaban J connectivity index is 2.20. The SMILES string of the molecule is CCSCCn1ccc2ccc(CC(C)N)cc21. The van der Waals surface area contributed by atoms with Crippen LogP contribution in [-0.2, 0) is 13.0 Å². The molecule has 1 aromatic carbocycles. The molecule has 0 saturated carbocycles. The number of benzene rings is 1. The molecule has 0 bridgehead atoms. The fourth-order valence-electron chi connectivity index (χ4n) is 2.23. The Labute approximate surface area is 114 Å². The fourth-order valence-corrected chi connectivity index (χ4v) is 2.84. The molecule has 1 unspecified atom stereocenters. The highest BCUT2D eigenvalue weighted by Gasteiger charge is 2.04. The molecule has 2 N–H and O–H groups in total. The molecule has 1 heterocycles. The van der Waals surface area contributed by atoms with Crippen molar-refractivity contribution in [2.75, 3.05) is 11.5 Å². The molecule has 0 aliphatic rings. The maximum absolute atomic E-state index is 5.87. The largest absolute Gasteiger partial charge is 0.347 e. The number of aromatic nitrogens is 1. The van der Waals surface area contributed by atoms with Gasteiger partial charge >= 0.3 is 0 Å². The quantitative estimate of drug-likeness (QED) is 0.810. The lowest BCUT2D eigenvalue weighted by Crippen LogP contribution is -2.17. The minimum atomic E-state index is 0.224. The van der Waals surface area contributed by atoms with Gasteiger partial charge in [-0.15, -0.1) is 0 Å². The average molecular weight is 262 g/mol. The monoisotopic (exact) mass is 262 g/mol. The smallest absolute Gasteiger partial charge is 0.0483 e. The first-order valence-electron chi connectivity index (χ1n) is 6.62. The molecule has 0 amide bonds. The van der Waals surface area contributed by atoms with Crippen LogP contribution in [0.15, 0.2) is 30.5 Å². The van der Waals surface area contributed by atoms with Crippen LogP contribution in [0.5, 0.6) is 0 Å². The van der Waals surface area contributed by atoms with E-state index in [0.29, 0.717) is 0 Å². The minimum absolute atomic E-state index is 0.224. The summed E-state index contributed by atoms with van der Waals surface area (Å²) in [5.74, 6) is 2.37. The van der Waals surface area contributed by atoms with E-state index in [4.69, 9.17) is 5.73 Å². The minimum Gasteiger partial charge on any atom is -0.347 e. The van der Waals surface area contributed by atoms with Crippen molar-refractivity contribution in [3.05, 3.63) is 36.0 Å². The summed E-state index contributed by atoms with van der Waals surface area (Å²) in [7, 11) is 0. The molecule has 2 aromatic rings. The van der Waals surface area contributed by atoms with E-state index in [-0.39, 0.29) is 6.04 Å². The lowest BCUT2D eigenvalue weighted by atomic mass is 10.1. The van der Waals surface area contributed by atoms with Crippen molar-refractivity contribution >= 4 is 22.7 Å². The highest BCUT2D eigenvalue weighted by atomic mass is 32.2. The van der Waals surface area contributed by atoms with Crippen molar-refractivity contribution in [2.45, 2.75) is 32.9 Å². The lowest BCUT2D eigenvalue weighted by molar-refractivity contribution is 0.737. The highest BCUT2D eigenvalue weighted by Crippen LogP contribution is 2.19. The van der Waals surface area contributed by atoms with Crippen molar-refractivity contribution in [3.8, 4) is 0 Å². The number of aryl methyl sites for hydroxylation is 1. The molecule has 18 heavy (non-hydrogen) atoms. The van der Waals surface area contributed by atoms with Crippen molar-refractivity contribution in [1.82, 2.24) is 4.57 Å². The van der Waals surface area contributed by atoms with Crippen LogP contribution in [0.3, 0.4) is 0 Å². The van der Waals surface area contributed by atoms with Crippen molar-refractivity contribution in [1.29, 1.82) is 0 Å². The fraction of sp³-hybridized carbons (Fsp3) is 0.467.